The summed E-state index contributed by atoms with van der Waals surface area (Å²) in [5.41, 5.74) is 1.01. The third kappa shape index (κ3) is 3.43. The number of nitrogens with zero attached hydrogens (tertiary/aromatic N) is 1. The Kier molecular flexibility index (Phi) is 5.12. The van der Waals surface area contributed by atoms with Gasteiger partial charge in [-0.1, -0.05) is 48.5 Å². The predicted octanol–water partition coefficient (Wildman–Crippen LogP) is 2.11. The highest BCUT2D eigenvalue weighted by Crippen LogP contribution is 2.25. The van der Waals surface area contributed by atoms with Crippen molar-refractivity contribution in [1.82, 2.24) is 5.32 Å². The van der Waals surface area contributed by atoms with Crippen molar-refractivity contribution < 1.29 is 14.6 Å². The molecule has 5 heteroatoms. The Morgan fingerprint density at radius 1 is 1.18 bits per heavy atom. The van der Waals surface area contributed by atoms with Gasteiger partial charge in [-0.2, -0.15) is 5.26 Å². The summed E-state index contributed by atoms with van der Waals surface area (Å²) in [5.74, 6) is -0.132. The maximum Gasteiger partial charge on any atom is 0.254 e. The summed E-state index contributed by atoms with van der Waals surface area (Å²) in [7, 11) is 1.49. The zero-order valence-electron chi connectivity index (χ0n) is 12.1. The fourth-order valence-electron chi connectivity index (χ4n) is 2.09. The number of nitrogens with one attached hydrogen (secondary N) is 1. The van der Waals surface area contributed by atoms with E-state index in [1.807, 2.05) is 6.07 Å². The van der Waals surface area contributed by atoms with Gasteiger partial charge < -0.3 is 15.2 Å². The minimum absolute atomic E-state index is 0.469. The minimum Gasteiger partial charge on any atom is -0.496 e. The minimum atomic E-state index is -1.33. The number of rotatable bonds is 5. The lowest BCUT2D eigenvalue weighted by Gasteiger charge is -2.17. The monoisotopic (exact) mass is 296 g/mol. The van der Waals surface area contributed by atoms with Crippen LogP contribution in [0, 0.1) is 11.3 Å². The fraction of sp³-hybridized carbons (Fsp3) is 0.176. The van der Waals surface area contributed by atoms with E-state index >= 15 is 0 Å². The van der Waals surface area contributed by atoms with Crippen molar-refractivity contribution in [1.29, 1.82) is 5.26 Å². The van der Waals surface area contributed by atoms with Gasteiger partial charge >= 0.3 is 0 Å². The highest BCUT2D eigenvalue weighted by Gasteiger charge is 2.23. The normalized spacial score (nSPS) is 12.8. The molecule has 112 valence electrons. The van der Waals surface area contributed by atoms with E-state index in [-0.39, 0.29) is 0 Å². The van der Waals surface area contributed by atoms with Gasteiger partial charge in [-0.05, 0) is 11.6 Å². The molecule has 22 heavy (non-hydrogen) atoms. The standard InChI is InChI=1S/C17H16N2O3/c1-22-15-10-6-5-9-13(15)14(11-18)19-17(21)16(20)12-7-3-2-4-8-12/h2-10,14,16,20H,1H3,(H,19,21). The number of amides is 1. The number of hydrogen-bond donors (Lipinski definition) is 2. The number of carbonyl (C=O) groups is 1. The molecule has 0 fully saturated rings. The molecular weight excluding hydrogens is 280 g/mol. The number of benzene rings is 2. The molecule has 0 aliphatic carbocycles. The van der Waals surface area contributed by atoms with Gasteiger partial charge in [-0.15, -0.1) is 0 Å². The number of para-hydroxylation sites is 1. The number of hydrogen-bond acceptors (Lipinski definition) is 4. The van der Waals surface area contributed by atoms with Crippen molar-refractivity contribution in [3.63, 3.8) is 0 Å². The summed E-state index contributed by atoms with van der Waals surface area (Å²) in [5, 5.41) is 21.9. The number of ether oxygens (including phenoxy) is 1. The summed E-state index contributed by atoms with van der Waals surface area (Å²) in [4.78, 5) is 12.1. The summed E-state index contributed by atoms with van der Waals surface area (Å²) in [6, 6.07) is 16.6. The Balaban J connectivity index is 2.17. The Morgan fingerprint density at radius 3 is 2.45 bits per heavy atom. The molecule has 2 rings (SSSR count). The quantitative estimate of drug-likeness (QED) is 0.885. The molecule has 0 aliphatic heterocycles. The van der Waals surface area contributed by atoms with Crippen molar-refractivity contribution in [3.8, 4) is 11.8 Å². The topological polar surface area (TPSA) is 82.3 Å². The highest BCUT2D eigenvalue weighted by molar-refractivity contribution is 5.82. The third-order valence-corrected chi connectivity index (χ3v) is 3.23. The van der Waals surface area contributed by atoms with E-state index < -0.39 is 18.1 Å². The smallest absolute Gasteiger partial charge is 0.254 e. The van der Waals surface area contributed by atoms with Crippen molar-refractivity contribution in [2.45, 2.75) is 12.1 Å². The van der Waals surface area contributed by atoms with Gasteiger partial charge in [-0.25, -0.2) is 0 Å². The van der Waals surface area contributed by atoms with Crippen LogP contribution >= 0.6 is 0 Å². The van der Waals surface area contributed by atoms with Gasteiger partial charge in [0.2, 0.25) is 0 Å². The first-order chi connectivity index (χ1) is 10.7. The molecule has 1 amide bonds. The number of aliphatic hydroxyl groups excluding tert-OH is 1. The molecule has 0 spiro atoms. The van der Waals surface area contributed by atoms with E-state index in [9.17, 15) is 15.2 Å². The number of nitriles is 1. The zero-order valence-corrected chi connectivity index (χ0v) is 12.1. The van der Waals surface area contributed by atoms with Crippen LogP contribution < -0.4 is 10.1 Å². The summed E-state index contributed by atoms with van der Waals surface area (Å²) >= 11 is 0. The van der Waals surface area contributed by atoms with Crippen LogP contribution in [0.4, 0.5) is 0 Å². The average Bonchev–Trinajstić information content (AvgIpc) is 2.59. The summed E-state index contributed by atoms with van der Waals surface area (Å²) in [6.07, 6.45) is -1.33. The second kappa shape index (κ2) is 7.25. The molecule has 2 aromatic rings. The van der Waals surface area contributed by atoms with Crippen molar-refractivity contribution in [3.05, 3.63) is 65.7 Å². The molecule has 0 heterocycles. The van der Waals surface area contributed by atoms with Crippen molar-refractivity contribution in [2.24, 2.45) is 0 Å². The molecule has 2 atom stereocenters. The van der Waals surface area contributed by atoms with Crippen LogP contribution in [0.1, 0.15) is 23.3 Å². The van der Waals surface area contributed by atoms with Crippen molar-refractivity contribution >= 4 is 5.91 Å². The molecular formula is C17H16N2O3. The SMILES string of the molecule is COc1ccccc1C(C#N)NC(=O)C(O)c1ccccc1. The fourth-order valence-corrected chi connectivity index (χ4v) is 2.09. The maximum atomic E-state index is 12.1. The first kappa shape index (κ1) is 15.5. The molecule has 0 radical (unpaired) electrons. The Morgan fingerprint density at radius 2 is 1.82 bits per heavy atom. The van der Waals surface area contributed by atoms with Gasteiger partial charge in [0.1, 0.15) is 11.8 Å². The number of aliphatic hydroxyl groups is 1. The van der Waals surface area contributed by atoms with Gasteiger partial charge in [-0.3, -0.25) is 4.79 Å². The zero-order chi connectivity index (χ0) is 15.9. The molecule has 0 saturated carbocycles. The lowest BCUT2D eigenvalue weighted by atomic mass is 10.0. The first-order valence-electron chi connectivity index (χ1n) is 6.73. The molecule has 0 aromatic heterocycles. The first-order valence-corrected chi connectivity index (χ1v) is 6.73. The van der Waals surface area contributed by atoms with Gasteiger partial charge in [0.25, 0.3) is 5.91 Å². The van der Waals surface area contributed by atoms with E-state index in [1.165, 1.54) is 7.11 Å². The van der Waals surface area contributed by atoms with Crippen LogP contribution in [-0.4, -0.2) is 18.1 Å². The maximum absolute atomic E-state index is 12.1. The Bertz CT molecular complexity index is 680. The predicted molar refractivity (Wildman–Crippen MR) is 80.9 cm³/mol. The van der Waals surface area contributed by atoms with E-state index in [2.05, 4.69) is 5.32 Å². The average molecular weight is 296 g/mol. The molecule has 0 aliphatic rings. The molecule has 0 bridgehead atoms. The van der Waals surface area contributed by atoms with Gasteiger partial charge in [0.15, 0.2) is 6.10 Å². The van der Waals surface area contributed by atoms with Gasteiger partial charge in [0, 0.05) is 5.56 Å². The molecule has 2 unspecified atom stereocenters. The van der Waals surface area contributed by atoms with Crippen LogP contribution in [0.5, 0.6) is 5.75 Å². The van der Waals surface area contributed by atoms with E-state index in [1.54, 1.807) is 54.6 Å². The van der Waals surface area contributed by atoms with E-state index in [4.69, 9.17) is 4.74 Å². The van der Waals surface area contributed by atoms with Crippen LogP contribution in [0.25, 0.3) is 0 Å². The molecule has 0 saturated heterocycles. The van der Waals surface area contributed by atoms with E-state index in [0.717, 1.165) is 0 Å². The Labute approximate surface area is 128 Å². The van der Waals surface area contributed by atoms with Crippen LogP contribution in [0.15, 0.2) is 54.6 Å². The molecule has 5 nitrogen and oxygen atoms in total. The highest BCUT2D eigenvalue weighted by atomic mass is 16.5. The molecule has 2 aromatic carbocycles. The van der Waals surface area contributed by atoms with Crippen molar-refractivity contribution in [2.75, 3.05) is 7.11 Å². The largest absolute Gasteiger partial charge is 0.496 e. The summed E-state index contributed by atoms with van der Waals surface area (Å²) < 4.78 is 5.19. The van der Waals surface area contributed by atoms with Crippen LogP contribution in [-0.2, 0) is 4.79 Å². The van der Waals surface area contributed by atoms with Crippen LogP contribution in [0.3, 0.4) is 0 Å². The third-order valence-electron chi connectivity index (χ3n) is 3.23. The van der Waals surface area contributed by atoms with Crippen LogP contribution in [0.2, 0.25) is 0 Å². The van der Waals surface area contributed by atoms with E-state index in [0.29, 0.717) is 16.9 Å². The lowest BCUT2D eigenvalue weighted by molar-refractivity contribution is -0.130. The number of carbonyl (C=O) groups excluding carboxylic acids is 1. The second-order valence-corrected chi connectivity index (χ2v) is 4.63. The molecule has 2 N–H and O–H groups in total. The number of methoxy groups -OCH3 is 1. The van der Waals surface area contributed by atoms with Gasteiger partial charge in [0.05, 0.1) is 13.2 Å². The Hall–Kier alpha value is -2.84. The summed E-state index contributed by atoms with van der Waals surface area (Å²) in [6.45, 7) is 0. The lowest BCUT2D eigenvalue weighted by Crippen LogP contribution is -2.32. The second-order valence-electron chi connectivity index (χ2n) is 4.63.